The SMILES string of the molecule is COc1cc(C)ccc1C.Cc1cc(F)c(C)c(F)c1.Cc1ccc(C)c(C#N)c1.Cc1ccc(C)c(C(F)(F)F)c1.Cc1ccc(C)c(F)c1.Cc1ccc(C)c(F)c1F.Cc1ccc(C)c([N+](=O)[O-])c1.Cc1ccn(C)c1. The molecule has 1 heterocycles. The van der Waals surface area contributed by atoms with Gasteiger partial charge in [0.05, 0.1) is 29.2 Å². The van der Waals surface area contributed by atoms with Crippen LogP contribution in [0.2, 0.25) is 0 Å². The van der Waals surface area contributed by atoms with Crippen LogP contribution in [0.4, 0.5) is 40.8 Å². The summed E-state index contributed by atoms with van der Waals surface area (Å²) in [5, 5.41) is 19.0. The standard InChI is InChI=1S/C9H9F3.C9H9N.C9H12O.2C8H8F2.C8H9F.C8H9NO2.C6H9N/c1-6-3-4-7(2)8(5-6)9(10,11)12;1-7-3-4-8(2)9(5-7)6-10;1-7-4-5-8(2)9(6-7)10-3;1-5-3-7(9)6(2)8(10)4-5;1-5-3-4-6(2)8(10)7(5)9;1-6-3-4-7(2)8(9)5-6;1-6-3-4-7(2)8(5-6)9(10)11;1-6-3-4-7(2)5-6/h3-5H,1-2H3;3-5H,1-2H3;4-6H,1-3H3;2*3-4H,1-2H3;3-5H,1-2H3;3-5H,1-2H3;3-5H,1-2H3. The molecule has 0 aliphatic carbocycles. The summed E-state index contributed by atoms with van der Waals surface area (Å²) in [5.41, 5.74) is 12.0. The van der Waals surface area contributed by atoms with Gasteiger partial charge in [0.1, 0.15) is 23.2 Å². The Hall–Kier alpha value is -8.05. The van der Waals surface area contributed by atoms with Gasteiger partial charge in [0.25, 0.3) is 5.69 Å². The van der Waals surface area contributed by atoms with E-state index in [2.05, 4.69) is 44.3 Å². The molecule has 0 saturated heterocycles. The summed E-state index contributed by atoms with van der Waals surface area (Å²) in [6, 6.07) is 36.8. The van der Waals surface area contributed by atoms with E-state index in [0.29, 0.717) is 33.4 Å². The first kappa shape index (κ1) is 69.0. The number of benzene rings is 7. The molecule has 0 aliphatic rings. The average molecular weight is 1100 g/mol. The molecule has 1 aromatic heterocycles. The highest BCUT2D eigenvalue weighted by Gasteiger charge is 2.32. The van der Waals surface area contributed by atoms with Gasteiger partial charge in [-0.15, -0.1) is 0 Å². The van der Waals surface area contributed by atoms with Crippen LogP contribution in [0.5, 0.6) is 5.75 Å². The van der Waals surface area contributed by atoms with Crippen LogP contribution in [0.1, 0.15) is 94.6 Å². The summed E-state index contributed by atoms with van der Waals surface area (Å²) < 4.78 is 107. The first-order valence-electron chi connectivity index (χ1n) is 24.8. The Bertz CT molecular complexity index is 3220. The Balaban J connectivity index is 0.000000453. The number of nitro groups is 1. The molecule has 0 radical (unpaired) electrons. The molecule has 0 fully saturated rings. The molecule has 0 aliphatic heterocycles. The third-order valence-corrected chi connectivity index (χ3v) is 11.5. The van der Waals surface area contributed by atoms with Crippen molar-refractivity contribution >= 4 is 5.69 Å². The second-order valence-corrected chi connectivity index (χ2v) is 19.1. The third kappa shape index (κ3) is 25.3. The van der Waals surface area contributed by atoms with Crippen LogP contribution < -0.4 is 4.74 Å². The van der Waals surface area contributed by atoms with E-state index in [1.54, 1.807) is 71.2 Å². The Kier molecular flexibility index (Phi) is 29.1. The largest absolute Gasteiger partial charge is 0.496 e. The smallest absolute Gasteiger partial charge is 0.416 e. The van der Waals surface area contributed by atoms with E-state index in [9.17, 15) is 45.2 Å². The van der Waals surface area contributed by atoms with Crippen LogP contribution in [0.3, 0.4) is 0 Å². The number of aromatic nitrogens is 1. The fourth-order valence-electron chi connectivity index (χ4n) is 6.60. The van der Waals surface area contributed by atoms with Gasteiger partial charge in [-0.25, -0.2) is 22.0 Å². The molecular formula is C65H73F8N3O3. The molecule has 0 bridgehead atoms. The molecular weight excluding hydrogens is 1020 g/mol. The number of hydrogen-bond acceptors (Lipinski definition) is 4. The number of nitrogens with zero attached hydrogens (tertiary/aromatic N) is 3. The lowest BCUT2D eigenvalue weighted by Crippen LogP contribution is -2.07. The van der Waals surface area contributed by atoms with E-state index in [-0.39, 0.29) is 27.6 Å². The highest BCUT2D eigenvalue weighted by Crippen LogP contribution is 2.32. The van der Waals surface area contributed by atoms with Crippen LogP contribution >= 0.6 is 0 Å². The molecule has 0 unspecified atom stereocenters. The number of nitriles is 1. The first-order valence-corrected chi connectivity index (χ1v) is 24.8. The number of methoxy groups -OCH3 is 1. The highest BCUT2D eigenvalue weighted by molar-refractivity contribution is 5.42. The molecule has 0 N–H and O–H groups in total. The van der Waals surface area contributed by atoms with Gasteiger partial charge in [-0.05, 0) is 213 Å². The van der Waals surface area contributed by atoms with E-state index in [4.69, 9.17) is 10.00 Å². The molecule has 14 heteroatoms. The fourth-order valence-corrected chi connectivity index (χ4v) is 6.60. The molecule has 79 heavy (non-hydrogen) atoms. The number of rotatable bonds is 2. The summed E-state index contributed by atoms with van der Waals surface area (Å²) in [7, 11) is 3.72. The van der Waals surface area contributed by atoms with Crippen molar-refractivity contribution < 1.29 is 44.8 Å². The average Bonchev–Trinajstić information content (AvgIpc) is 3.77. The van der Waals surface area contributed by atoms with Crippen molar-refractivity contribution in [3.63, 3.8) is 0 Å². The zero-order chi connectivity index (χ0) is 60.5. The monoisotopic (exact) mass is 1100 g/mol. The maximum Gasteiger partial charge on any atom is 0.416 e. The molecule has 0 atom stereocenters. The molecule has 0 saturated carbocycles. The van der Waals surface area contributed by atoms with Crippen molar-refractivity contribution in [2.45, 2.75) is 110 Å². The summed E-state index contributed by atoms with van der Waals surface area (Å²) in [5.74, 6) is -1.56. The quantitative estimate of drug-likeness (QED) is 0.0981. The molecule has 0 amide bonds. The minimum atomic E-state index is -4.23. The maximum atomic E-state index is 12.6. The molecule has 8 aromatic rings. The number of nitro benzene ring substituents is 1. The summed E-state index contributed by atoms with van der Waals surface area (Å²) >= 11 is 0. The fraction of sp³-hybridized carbons (Fsp3) is 0.277. The topological polar surface area (TPSA) is 81.1 Å². The number of ether oxygens (including phenoxy) is 1. The number of halogens is 8. The van der Waals surface area contributed by atoms with Crippen LogP contribution in [0.15, 0.2) is 134 Å². The predicted molar refractivity (Wildman–Crippen MR) is 304 cm³/mol. The van der Waals surface area contributed by atoms with E-state index in [1.807, 2.05) is 88.8 Å². The van der Waals surface area contributed by atoms with Crippen molar-refractivity contribution in [2.24, 2.45) is 7.05 Å². The van der Waals surface area contributed by atoms with Gasteiger partial charge in [-0.1, -0.05) is 78.4 Å². The van der Waals surface area contributed by atoms with Crippen LogP contribution in [-0.2, 0) is 13.2 Å². The van der Waals surface area contributed by atoms with Crippen molar-refractivity contribution in [2.75, 3.05) is 7.11 Å². The summed E-state index contributed by atoms with van der Waals surface area (Å²) in [6.45, 7) is 26.6. The number of aryl methyl sites for hydroxylation is 15. The number of alkyl halides is 3. The van der Waals surface area contributed by atoms with E-state index < -0.39 is 35.0 Å². The number of hydrogen-bond donors (Lipinski definition) is 0. The minimum Gasteiger partial charge on any atom is -0.496 e. The van der Waals surface area contributed by atoms with Crippen LogP contribution in [0, 0.1) is 154 Å². The van der Waals surface area contributed by atoms with Gasteiger partial charge in [0, 0.05) is 36.6 Å². The normalized spacial score (nSPS) is 9.92. The van der Waals surface area contributed by atoms with E-state index >= 15 is 0 Å². The zero-order valence-electron chi connectivity index (χ0n) is 48.3. The molecule has 7 aromatic carbocycles. The predicted octanol–water partition coefficient (Wildman–Crippen LogP) is 19.0. The Morgan fingerprint density at radius 3 is 1.24 bits per heavy atom. The Morgan fingerprint density at radius 1 is 0.481 bits per heavy atom. The minimum absolute atomic E-state index is 0.0885. The van der Waals surface area contributed by atoms with Gasteiger partial charge in [0.2, 0.25) is 0 Å². The zero-order valence-corrected chi connectivity index (χ0v) is 48.3. The van der Waals surface area contributed by atoms with Crippen molar-refractivity contribution in [1.82, 2.24) is 4.57 Å². The van der Waals surface area contributed by atoms with E-state index in [0.717, 1.165) is 39.6 Å². The van der Waals surface area contributed by atoms with Crippen molar-refractivity contribution in [3.8, 4) is 11.8 Å². The van der Waals surface area contributed by atoms with Crippen LogP contribution in [-0.4, -0.2) is 16.6 Å². The first-order chi connectivity index (χ1) is 36.7. The Labute approximate surface area is 462 Å². The molecule has 6 nitrogen and oxygen atoms in total. The maximum absolute atomic E-state index is 12.6. The third-order valence-electron chi connectivity index (χ3n) is 11.5. The molecule has 8 rings (SSSR count). The van der Waals surface area contributed by atoms with Crippen molar-refractivity contribution in [1.29, 1.82) is 5.26 Å². The van der Waals surface area contributed by atoms with Gasteiger partial charge >= 0.3 is 6.18 Å². The second kappa shape index (κ2) is 33.3. The lowest BCUT2D eigenvalue weighted by molar-refractivity contribution is -0.385. The Morgan fingerprint density at radius 2 is 0.886 bits per heavy atom. The summed E-state index contributed by atoms with van der Waals surface area (Å²) in [4.78, 5) is 10.0. The lowest BCUT2D eigenvalue weighted by Gasteiger charge is -2.10. The summed E-state index contributed by atoms with van der Waals surface area (Å²) in [6.07, 6.45) is -0.106. The lowest BCUT2D eigenvalue weighted by atomic mass is 10.1. The van der Waals surface area contributed by atoms with Gasteiger partial charge in [0.15, 0.2) is 11.6 Å². The molecule has 0 spiro atoms. The van der Waals surface area contributed by atoms with E-state index in [1.165, 1.54) is 68.7 Å². The van der Waals surface area contributed by atoms with Gasteiger partial charge < -0.3 is 9.30 Å². The van der Waals surface area contributed by atoms with Gasteiger partial charge in [-0.3, -0.25) is 10.1 Å². The van der Waals surface area contributed by atoms with Gasteiger partial charge in [-0.2, -0.15) is 18.4 Å². The van der Waals surface area contributed by atoms with Crippen LogP contribution in [0.25, 0.3) is 0 Å². The molecule has 422 valence electrons. The van der Waals surface area contributed by atoms with Crippen molar-refractivity contribution in [3.05, 3.63) is 268 Å². The second-order valence-electron chi connectivity index (χ2n) is 19.1. The highest BCUT2D eigenvalue weighted by atomic mass is 19.4.